The van der Waals surface area contributed by atoms with Gasteiger partial charge in [-0.2, -0.15) is 5.10 Å². The number of aromatic hydroxyl groups is 1. The van der Waals surface area contributed by atoms with E-state index in [1.807, 2.05) is 27.7 Å². The molecule has 0 aliphatic heterocycles. The zero-order valence-electron chi connectivity index (χ0n) is 21.4. The Kier molecular flexibility index (Phi) is 7.57. The number of amides is 1. The van der Waals surface area contributed by atoms with Gasteiger partial charge in [-0.3, -0.25) is 14.6 Å². The summed E-state index contributed by atoms with van der Waals surface area (Å²) in [5.74, 6) is -1.72. The third kappa shape index (κ3) is 5.27. The third-order valence-corrected chi connectivity index (χ3v) is 6.57. The Labute approximate surface area is 225 Å². The second-order valence-electron chi connectivity index (χ2n) is 9.63. The minimum atomic E-state index is -1.11. The summed E-state index contributed by atoms with van der Waals surface area (Å²) in [6.45, 7) is 8.11. The Hall–Kier alpha value is -4.14. The Morgan fingerprint density at radius 2 is 1.61 bits per heavy atom. The number of hydrogen-bond acceptors (Lipinski definition) is 5. The van der Waals surface area contributed by atoms with Gasteiger partial charge in [-0.1, -0.05) is 62.7 Å². The lowest BCUT2D eigenvalue weighted by Gasteiger charge is -2.15. The van der Waals surface area contributed by atoms with E-state index in [0.29, 0.717) is 27.2 Å². The maximum Gasteiger partial charge on any atom is 0.335 e. The largest absolute Gasteiger partial charge is 0.494 e. The lowest BCUT2D eigenvalue weighted by atomic mass is 9.93. The Morgan fingerprint density at radius 1 is 0.947 bits per heavy atom. The maximum absolute atomic E-state index is 13.1. The standard InChI is InChI=1S/C29H28ClN3O5/c1-16(2)19-10-20(17(3)4)12-21(11-19)27(34)33(38)31-15-25-24-9-8-22(30)14-26(24)32(28(25)35)23-7-5-6-18(13-23)29(36)37/h5-17,35,38H,1-4H3,(H,36,37). The molecule has 0 spiro atoms. The van der Waals surface area contributed by atoms with Gasteiger partial charge in [0.05, 0.1) is 22.9 Å². The van der Waals surface area contributed by atoms with Gasteiger partial charge in [0.1, 0.15) is 0 Å². The first-order valence-electron chi connectivity index (χ1n) is 12.1. The molecule has 0 radical (unpaired) electrons. The topological polar surface area (TPSA) is 115 Å². The van der Waals surface area contributed by atoms with Crippen LogP contribution in [-0.4, -0.2) is 43.3 Å². The first kappa shape index (κ1) is 26.9. The van der Waals surface area contributed by atoms with E-state index in [9.17, 15) is 25.0 Å². The van der Waals surface area contributed by atoms with Crippen LogP contribution in [0.25, 0.3) is 16.6 Å². The number of hydroxylamine groups is 1. The molecule has 3 N–H and O–H groups in total. The molecule has 0 atom stereocenters. The van der Waals surface area contributed by atoms with Crippen LogP contribution in [0, 0.1) is 0 Å². The van der Waals surface area contributed by atoms with E-state index in [1.165, 1.54) is 22.9 Å². The summed E-state index contributed by atoms with van der Waals surface area (Å²) >= 11 is 6.21. The molecule has 38 heavy (non-hydrogen) atoms. The number of rotatable bonds is 7. The van der Waals surface area contributed by atoms with E-state index >= 15 is 0 Å². The summed E-state index contributed by atoms with van der Waals surface area (Å²) in [6, 6.07) is 16.5. The summed E-state index contributed by atoms with van der Waals surface area (Å²) < 4.78 is 1.43. The number of carboxylic acids is 1. The molecule has 4 aromatic rings. The number of benzene rings is 3. The monoisotopic (exact) mass is 533 g/mol. The molecule has 3 aromatic carbocycles. The predicted molar refractivity (Wildman–Crippen MR) is 147 cm³/mol. The average Bonchev–Trinajstić information content (AvgIpc) is 3.16. The minimum absolute atomic E-state index is 0.0394. The highest BCUT2D eigenvalue weighted by Crippen LogP contribution is 2.35. The molecular weight excluding hydrogens is 506 g/mol. The number of carboxylic acid groups (broad SMARTS) is 1. The second-order valence-corrected chi connectivity index (χ2v) is 10.1. The molecule has 0 saturated carbocycles. The van der Waals surface area contributed by atoms with Crippen molar-refractivity contribution in [3.63, 3.8) is 0 Å². The fourth-order valence-corrected chi connectivity index (χ4v) is 4.35. The number of hydrazone groups is 1. The van der Waals surface area contributed by atoms with Crippen LogP contribution < -0.4 is 0 Å². The molecule has 8 nitrogen and oxygen atoms in total. The van der Waals surface area contributed by atoms with Crippen LogP contribution in [0.3, 0.4) is 0 Å². The van der Waals surface area contributed by atoms with Gasteiger partial charge < -0.3 is 10.2 Å². The van der Waals surface area contributed by atoms with E-state index in [2.05, 4.69) is 11.2 Å². The number of halogens is 1. The quantitative estimate of drug-likeness (QED) is 0.137. The molecule has 0 aliphatic carbocycles. The number of nitrogens with zero attached hydrogens (tertiary/aromatic N) is 3. The molecular formula is C29H28ClN3O5. The maximum atomic E-state index is 13.1. The molecule has 4 rings (SSSR count). The van der Waals surface area contributed by atoms with Crippen molar-refractivity contribution in [3.8, 4) is 11.6 Å². The highest BCUT2D eigenvalue weighted by Gasteiger charge is 2.20. The van der Waals surface area contributed by atoms with Crippen molar-refractivity contribution in [3.05, 3.63) is 93.5 Å². The van der Waals surface area contributed by atoms with Gasteiger partial charge in [-0.25, -0.2) is 4.79 Å². The third-order valence-electron chi connectivity index (χ3n) is 6.33. The van der Waals surface area contributed by atoms with Gasteiger partial charge >= 0.3 is 5.97 Å². The molecule has 0 aliphatic rings. The fourth-order valence-electron chi connectivity index (χ4n) is 4.19. The van der Waals surface area contributed by atoms with E-state index in [-0.39, 0.29) is 34.0 Å². The van der Waals surface area contributed by atoms with Gasteiger partial charge in [0, 0.05) is 21.7 Å². The number of hydrogen-bond donors (Lipinski definition) is 3. The van der Waals surface area contributed by atoms with Crippen molar-refractivity contribution in [1.82, 2.24) is 9.74 Å². The summed E-state index contributed by atoms with van der Waals surface area (Å²) in [6.07, 6.45) is 1.18. The smallest absolute Gasteiger partial charge is 0.335 e. The highest BCUT2D eigenvalue weighted by atomic mass is 35.5. The molecule has 0 saturated heterocycles. The summed E-state index contributed by atoms with van der Waals surface area (Å²) in [5.41, 5.74) is 3.36. The Bertz CT molecular complexity index is 1550. The van der Waals surface area contributed by atoms with Crippen LogP contribution in [0.2, 0.25) is 5.02 Å². The Balaban J connectivity index is 1.76. The van der Waals surface area contributed by atoms with E-state index in [4.69, 9.17) is 11.6 Å². The van der Waals surface area contributed by atoms with Crippen LogP contribution >= 0.6 is 11.6 Å². The molecule has 0 unspecified atom stereocenters. The molecule has 9 heteroatoms. The SMILES string of the molecule is CC(C)c1cc(C(=O)N(O)N=Cc2c(O)n(-c3cccc(C(=O)O)c3)c3cc(Cl)ccc23)cc(C(C)C)c1. The molecule has 1 amide bonds. The highest BCUT2D eigenvalue weighted by molar-refractivity contribution is 6.31. The molecule has 196 valence electrons. The number of carbonyl (C=O) groups is 2. The fraction of sp³-hybridized carbons (Fsp3) is 0.207. The van der Waals surface area contributed by atoms with Crippen LogP contribution in [0.1, 0.15) is 76.9 Å². The van der Waals surface area contributed by atoms with Crippen molar-refractivity contribution < 1.29 is 25.0 Å². The lowest BCUT2D eigenvalue weighted by molar-refractivity contribution is -0.0562. The van der Waals surface area contributed by atoms with Crippen molar-refractivity contribution in [2.24, 2.45) is 5.10 Å². The van der Waals surface area contributed by atoms with Crippen LogP contribution in [0.5, 0.6) is 5.88 Å². The van der Waals surface area contributed by atoms with Gasteiger partial charge in [0.15, 0.2) is 0 Å². The average molecular weight is 534 g/mol. The van der Waals surface area contributed by atoms with Crippen molar-refractivity contribution in [1.29, 1.82) is 0 Å². The van der Waals surface area contributed by atoms with Crippen molar-refractivity contribution >= 4 is 40.6 Å². The summed E-state index contributed by atoms with van der Waals surface area (Å²) in [4.78, 5) is 24.5. The number of aromatic carboxylic acids is 1. The summed E-state index contributed by atoms with van der Waals surface area (Å²) in [5, 5.41) is 36.2. The number of carbonyl (C=O) groups excluding carboxylic acids is 1. The zero-order valence-corrected chi connectivity index (χ0v) is 22.1. The van der Waals surface area contributed by atoms with E-state index < -0.39 is 11.9 Å². The van der Waals surface area contributed by atoms with E-state index in [0.717, 1.165) is 11.1 Å². The number of fused-ring (bicyclic) bond motifs is 1. The van der Waals surface area contributed by atoms with E-state index in [1.54, 1.807) is 42.5 Å². The summed E-state index contributed by atoms with van der Waals surface area (Å²) in [7, 11) is 0. The zero-order chi connectivity index (χ0) is 27.7. The normalized spacial score (nSPS) is 11.7. The van der Waals surface area contributed by atoms with Gasteiger partial charge in [-0.05, 0) is 65.4 Å². The van der Waals surface area contributed by atoms with Crippen molar-refractivity contribution in [2.45, 2.75) is 39.5 Å². The second kappa shape index (κ2) is 10.7. The van der Waals surface area contributed by atoms with Gasteiger partial charge in [0.25, 0.3) is 5.91 Å². The van der Waals surface area contributed by atoms with Crippen LogP contribution in [0.4, 0.5) is 0 Å². The lowest BCUT2D eigenvalue weighted by Crippen LogP contribution is -2.22. The van der Waals surface area contributed by atoms with Crippen molar-refractivity contribution in [2.75, 3.05) is 0 Å². The van der Waals surface area contributed by atoms with Crippen LogP contribution in [0.15, 0.2) is 65.8 Å². The molecule has 1 aromatic heterocycles. The molecule has 1 heterocycles. The predicted octanol–water partition coefficient (Wildman–Crippen LogP) is 6.80. The number of aromatic nitrogens is 1. The molecule has 0 fully saturated rings. The minimum Gasteiger partial charge on any atom is -0.494 e. The first-order valence-corrected chi connectivity index (χ1v) is 12.4. The molecule has 0 bridgehead atoms. The Morgan fingerprint density at radius 3 is 2.21 bits per heavy atom. The van der Waals surface area contributed by atoms with Gasteiger partial charge in [0.2, 0.25) is 5.88 Å². The van der Waals surface area contributed by atoms with Crippen LogP contribution in [-0.2, 0) is 0 Å². The van der Waals surface area contributed by atoms with Gasteiger partial charge in [-0.15, -0.1) is 0 Å². The first-order chi connectivity index (χ1) is 18.0.